The molecular weight excluding hydrogens is 194 g/mol. The first-order valence-electron chi connectivity index (χ1n) is 6.71. The second-order valence-corrected chi connectivity index (χ2v) is 5.39. The van der Waals surface area contributed by atoms with E-state index in [4.69, 9.17) is 0 Å². The van der Waals surface area contributed by atoms with Gasteiger partial charge in [-0.05, 0) is 36.3 Å². The molecule has 0 N–H and O–H groups in total. The molecule has 0 bridgehead atoms. The van der Waals surface area contributed by atoms with Gasteiger partial charge in [0.25, 0.3) is 0 Å². The Hall–Kier alpha value is -0.850. The number of nitrogens with zero attached hydrogens (tertiary/aromatic N) is 1. The lowest BCUT2D eigenvalue weighted by molar-refractivity contribution is 0.501. The minimum absolute atomic E-state index is 0.555. The van der Waals surface area contributed by atoms with Crippen molar-refractivity contribution in [2.75, 3.05) is 0 Å². The minimum atomic E-state index is 0.555. The van der Waals surface area contributed by atoms with E-state index in [1.165, 1.54) is 49.8 Å². The third-order valence-corrected chi connectivity index (χ3v) is 3.77. The fourth-order valence-electron chi connectivity index (χ4n) is 2.84. The maximum absolute atomic E-state index is 4.52. The summed E-state index contributed by atoms with van der Waals surface area (Å²) in [5, 5.41) is 0. The fourth-order valence-corrected chi connectivity index (χ4v) is 2.84. The van der Waals surface area contributed by atoms with Crippen molar-refractivity contribution in [2.45, 2.75) is 58.3 Å². The zero-order chi connectivity index (χ0) is 11.4. The Morgan fingerprint density at radius 1 is 1.31 bits per heavy atom. The molecule has 2 rings (SSSR count). The molecule has 0 radical (unpaired) electrons. The van der Waals surface area contributed by atoms with Gasteiger partial charge in [-0.25, -0.2) is 0 Å². The van der Waals surface area contributed by atoms with Crippen molar-refractivity contribution in [2.24, 2.45) is 5.92 Å². The first kappa shape index (κ1) is 11.6. The molecular formula is C15H23N. The van der Waals surface area contributed by atoms with Crippen molar-refractivity contribution < 1.29 is 0 Å². The fraction of sp³-hybridized carbons (Fsp3) is 0.667. The van der Waals surface area contributed by atoms with Crippen LogP contribution < -0.4 is 0 Å². The molecule has 1 heterocycles. The van der Waals surface area contributed by atoms with E-state index >= 15 is 0 Å². The van der Waals surface area contributed by atoms with Gasteiger partial charge in [0.15, 0.2) is 0 Å². The van der Waals surface area contributed by atoms with E-state index in [1.807, 2.05) is 6.20 Å². The zero-order valence-electron chi connectivity index (χ0n) is 10.6. The molecule has 0 amide bonds. The van der Waals surface area contributed by atoms with Crippen molar-refractivity contribution in [3.05, 3.63) is 29.6 Å². The number of rotatable bonds is 4. The standard InChI is InChI=1S/C15H23N/c1-12(2)15-14(8-5-11-16-15)10-9-13-6-3-4-7-13/h5,8,11-13H,3-4,6-7,9-10H2,1-2H3. The van der Waals surface area contributed by atoms with Gasteiger partial charge in [-0.15, -0.1) is 0 Å². The predicted molar refractivity (Wildman–Crippen MR) is 68.6 cm³/mol. The molecule has 88 valence electrons. The highest BCUT2D eigenvalue weighted by Gasteiger charge is 2.16. The Kier molecular flexibility index (Phi) is 3.98. The van der Waals surface area contributed by atoms with Crippen LogP contribution in [0, 0.1) is 5.92 Å². The van der Waals surface area contributed by atoms with Gasteiger partial charge in [-0.1, -0.05) is 45.6 Å². The molecule has 16 heavy (non-hydrogen) atoms. The van der Waals surface area contributed by atoms with E-state index in [2.05, 4.69) is 31.0 Å². The number of pyridine rings is 1. The highest BCUT2D eigenvalue weighted by molar-refractivity contribution is 5.22. The lowest BCUT2D eigenvalue weighted by Crippen LogP contribution is -2.02. The molecule has 1 aromatic heterocycles. The molecule has 0 spiro atoms. The molecule has 1 aliphatic rings. The predicted octanol–water partition coefficient (Wildman–Crippen LogP) is 4.33. The molecule has 1 saturated carbocycles. The van der Waals surface area contributed by atoms with Crippen LogP contribution in [0.2, 0.25) is 0 Å². The summed E-state index contributed by atoms with van der Waals surface area (Å²) in [4.78, 5) is 4.52. The summed E-state index contributed by atoms with van der Waals surface area (Å²) in [7, 11) is 0. The number of hydrogen-bond acceptors (Lipinski definition) is 1. The van der Waals surface area contributed by atoms with Gasteiger partial charge in [0.1, 0.15) is 0 Å². The van der Waals surface area contributed by atoms with Gasteiger partial charge >= 0.3 is 0 Å². The summed E-state index contributed by atoms with van der Waals surface area (Å²) < 4.78 is 0. The van der Waals surface area contributed by atoms with Crippen molar-refractivity contribution in [1.82, 2.24) is 4.98 Å². The van der Waals surface area contributed by atoms with Crippen molar-refractivity contribution in [1.29, 1.82) is 0 Å². The van der Waals surface area contributed by atoms with Crippen LogP contribution in [0.25, 0.3) is 0 Å². The topological polar surface area (TPSA) is 12.9 Å². The van der Waals surface area contributed by atoms with E-state index in [9.17, 15) is 0 Å². The first-order valence-corrected chi connectivity index (χ1v) is 6.71. The summed E-state index contributed by atoms with van der Waals surface area (Å²) in [5.41, 5.74) is 2.78. The van der Waals surface area contributed by atoms with Crippen LogP contribution in [-0.2, 0) is 6.42 Å². The van der Waals surface area contributed by atoms with Crippen LogP contribution in [0.1, 0.15) is 63.1 Å². The van der Waals surface area contributed by atoms with E-state index in [-0.39, 0.29) is 0 Å². The first-order chi connectivity index (χ1) is 7.77. The molecule has 1 aromatic rings. The second kappa shape index (κ2) is 5.47. The molecule has 1 aliphatic carbocycles. The number of aryl methyl sites for hydroxylation is 1. The zero-order valence-corrected chi connectivity index (χ0v) is 10.6. The maximum atomic E-state index is 4.52. The largest absolute Gasteiger partial charge is 0.261 e. The Morgan fingerprint density at radius 3 is 2.75 bits per heavy atom. The third kappa shape index (κ3) is 2.84. The molecule has 1 heteroatoms. The number of hydrogen-bond donors (Lipinski definition) is 0. The Labute approximate surface area is 99.3 Å². The summed E-state index contributed by atoms with van der Waals surface area (Å²) in [6.45, 7) is 4.48. The van der Waals surface area contributed by atoms with E-state index in [0.717, 1.165) is 5.92 Å². The van der Waals surface area contributed by atoms with Gasteiger partial charge in [0, 0.05) is 11.9 Å². The van der Waals surface area contributed by atoms with Gasteiger partial charge in [-0.2, -0.15) is 0 Å². The highest BCUT2D eigenvalue weighted by Crippen LogP contribution is 2.29. The lowest BCUT2D eigenvalue weighted by Gasteiger charge is -2.13. The molecule has 0 aliphatic heterocycles. The van der Waals surface area contributed by atoms with E-state index in [0.29, 0.717) is 5.92 Å². The Balaban J connectivity index is 1.97. The molecule has 1 nitrogen and oxygen atoms in total. The third-order valence-electron chi connectivity index (χ3n) is 3.77. The monoisotopic (exact) mass is 217 g/mol. The SMILES string of the molecule is CC(C)c1ncccc1CCC1CCCC1. The van der Waals surface area contributed by atoms with Crippen LogP contribution >= 0.6 is 0 Å². The van der Waals surface area contributed by atoms with Crippen LogP contribution in [0.15, 0.2) is 18.3 Å². The van der Waals surface area contributed by atoms with Crippen LogP contribution in [-0.4, -0.2) is 4.98 Å². The quantitative estimate of drug-likeness (QED) is 0.731. The highest BCUT2D eigenvalue weighted by atomic mass is 14.7. The summed E-state index contributed by atoms with van der Waals surface area (Å²) >= 11 is 0. The molecule has 0 aromatic carbocycles. The van der Waals surface area contributed by atoms with E-state index in [1.54, 1.807) is 0 Å². The van der Waals surface area contributed by atoms with Crippen molar-refractivity contribution in [3.63, 3.8) is 0 Å². The van der Waals surface area contributed by atoms with Gasteiger partial charge < -0.3 is 0 Å². The van der Waals surface area contributed by atoms with Crippen molar-refractivity contribution >= 4 is 0 Å². The summed E-state index contributed by atoms with van der Waals surface area (Å²) in [6.07, 6.45) is 10.3. The Morgan fingerprint density at radius 2 is 2.06 bits per heavy atom. The van der Waals surface area contributed by atoms with Gasteiger partial charge in [-0.3, -0.25) is 4.98 Å². The average molecular weight is 217 g/mol. The lowest BCUT2D eigenvalue weighted by atomic mass is 9.95. The van der Waals surface area contributed by atoms with Crippen LogP contribution in [0.4, 0.5) is 0 Å². The van der Waals surface area contributed by atoms with Gasteiger partial charge in [0.05, 0.1) is 0 Å². The normalized spacial score (nSPS) is 17.2. The van der Waals surface area contributed by atoms with Crippen LogP contribution in [0.5, 0.6) is 0 Å². The smallest absolute Gasteiger partial charge is 0.0460 e. The minimum Gasteiger partial charge on any atom is -0.261 e. The van der Waals surface area contributed by atoms with Crippen molar-refractivity contribution in [3.8, 4) is 0 Å². The molecule has 1 fully saturated rings. The molecule has 0 atom stereocenters. The van der Waals surface area contributed by atoms with Gasteiger partial charge in [0.2, 0.25) is 0 Å². The molecule has 0 unspecified atom stereocenters. The number of aromatic nitrogens is 1. The average Bonchev–Trinajstić information content (AvgIpc) is 2.79. The Bertz CT molecular complexity index is 324. The summed E-state index contributed by atoms with van der Waals surface area (Å²) in [5.74, 6) is 1.54. The summed E-state index contributed by atoms with van der Waals surface area (Å²) in [6, 6.07) is 4.34. The second-order valence-electron chi connectivity index (χ2n) is 5.39. The van der Waals surface area contributed by atoms with Crippen LogP contribution in [0.3, 0.4) is 0 Å². The molecule has 0 saturated heterocycles. The van der Waals surface area contributed by atoms with E-state index < -0.39 is 0 Å². The maximum Gasteiger partial charge on any atom is 0.0460 e.